The highest BCUT2D eigenvalue weighted by Crippen LogP contribution is 2.18. The summed E-state index contributed by atoms with van der Waals surface area (Å²) in [4.78, 5) is 4.11. The van der Waals surface area contributed by atoms with Crippen molar-refractivity contribution in [3.8, 4) is 0 Å². The van der Waals surface area contributed by atoms with E-state index in [0.717, 1.165) is 17.8 Å². The van der Waals surface area contributed by atoms with Crippen molar-refractivity contribution in [3.63, 3.8) is 0 Å². The molecule has 5 heteroatoms. The summed E-state index contributed by atoms with van der Waals surface area (Å²) in [5.74, 6) is 6.27. The van der Waals surface area contributed by atoms with E-state index in [-0.39, 0.29) is 6.04 Å². The molecule has 16 heavy (non-hydrogen) atoms. The molecule has 0 saturated heterocycles. The number of hydrazine groups is 1. The Morgan fingerprint density at radius 3 is 3.00 bits per heavy atom. The molecule has 1 aromatic carbocycles. The molecule has 84 valence electrons. The first-order valence-corrected chi connectivity index (χ1v) is 5.25. The Hall–Kier alpha value is -1.72. The Morgan fingerprint density at radius 1 is 1.50 bits per heavy atom. The van der Waals surface area contributed by atoms with Crippen molar-refractivity contribution in [2.45, 2.75) is 19.4 Å². The van der Waals surface area contributed by atoms with Gasteiger partial charge < -0.3 is 0 Å². The van der Waals surface area contributed by atoms with Gasteiger partial charge in [-0.1, -0.05) is 31.2 Å². The summed E-state index contributed by atoms with van der Waals surface area (Å²) < 4.78 is 0. The summed E-state index contributed by atoms with van der Waals surface area (Å²) in [6.45, 7) is 2.12. The van der Waals surface area contributed by atoms with E-state index < -0.39 is 0 Å². The van der Waals surface area contributed by atoms with E-state index in [9.17, 15) is 0 Å². The van der Waals surface area contributed by atoms with Crippen molar-refractivity contribution in [1.82, 2.24) is 20.6 Å². The third-order valence-electron chi connectivity index (χ3n) is 2.57. The number of aryl methyl sites for hydroxylation is 1. The fourth-order valence-corrected chi connectivity index (χ4v) is 1.68. The molecule has 5 nitrogen and oxygen atoms in total. The lowest BCUT2D eigenvalue weighted by Crippen LogP contribution is -2.29. The van der Waals surface area contributed by atoms with Crippen LogP contribution in [0.2, 0.25) is 0 Å². The van der Waals surface area contributed by atoms with E-state index in [1.807, 2.05) is 12.1 Å². The fraction of sp³-hybridized carbons (Fsp3) is 0.273. The van der Waals surface area contributed by atoms with Crippen LogP contribution in [-0.2, 0) is 6.42 Å². The van der Waals surface area contributed by atoms with Gasteiger partial charge in [-0.05, 0) is 17.5 Å². The van der Waals surface area contributed by atoms with Crippen molar-refractivity contribution < 1.29 is 0 Å². The molecule has 1 unspecified atom stereocenters. The van der Waals surface area contributed by atoms with Gasteiger partial charge >= 0.3 is 0 Å². The van der Waals surface area contributed by atoms with E-state index in [1.54, 1.807) is 0 Å². The Kier molecular flexibility index (Phi) is 3.28. The predicted molar refractivity (Wildman–Crippen MR) is 61.4 cm³/mol. The van der Waals surface area contributed by atoms with Gasteiger partial charge in [-0.15, -0.1) is 0 Å². The molecule has 2 aromatic rings. The summed E-state index contributed by atoms with van der Waals surface area (Å²) >= 11 is 0. The molecule has 0 aliphatic carbocycles. The number of hydrogen-bond acceptors (Lipinski definition) is 4. The molecule has 0 amide bonds. The molecule has 0 spiro atoms. The third kappa shape index (κ3) is 2.10. The first-order chi connectivity index (χ1) is 7.85. The number of aromatic nitrogens is 3. The van der Waals surface area contributed by atoms with E-state index >= 15 is 0 Å². The molecule has 4 N–H and O–H groups in total. The second-order valence-corrected chi connectivity index (χ2v) is 3.57. The number of H-pyrrole nitrogens is 1. The summed E-state index contributed by atoms with van der Waals surface area (Å²) in [5.41, 5.74) is 5.10. The van der Waals surface area contributed by atoms with Crippen LogP contribution in [0.15, 0.2) is 30.6 Å². The minimum Gasteiger partial charge on any atom is -0.270 e. The van der Waals surface area contributed by atoms with Gasteiger partial charge in [-0.3, -0.25) is 10.9 Å². The van der Waals surface area contributed by atoms with Crippen LogP contribution in [0.25, 0.3) is 0 Å². The van der Waals surface area contributed by atoms with Crippen molar-refractivity contribution in [1.29, 1.82) is 0 Å². The maximum Gasteiger partial charge on any atom is 0.147 e. The van der Waals surface area contributed by atoms with Gasteiger partial charge in [0.2, 0.25) is 0 Å². The van der Waals surface area contributed by atoms with Gasteiger partial charge in [0.25, 0.3) is 0 Å². The van der Waals surface area contributed by atoms with Crippen LogP contribution >= 0.6 is 0 Å². The first-order valence-electron chi connectivity index (χ1n) is 5.25. The molecule has 0 bridgehead atoms. The molecule has 1 heterocycles. The van der Waals surface area contributed by atoms with Crippen molar-refractivity contribution in [2.75, 3.05) is 0 Å². The minimum absolute atomic E-state index is 0.144. The topological polar surface area (TPSA) is 79.6 Å². The Bertz CT molecular complexity index is 437. The molecule has 1 atom stereocenters. The summed E-state index contributed by atoms with van der Waals surface area (Å²) in [5, 5.41) is 6.65. The highest BCUT2D eigenvalue weighted by atomic mass is 15.3. The lowest BCUT2D eigenvalue weighted by Gasteiger charge is -2.14. The van der Waals surface area contributed by atoms with E-state index in [4.69, 9.17) is 5.84 Å². The third-order valence-corrected chi connectivity index (χ3v) is 2.57. The normalized spacial score (nSPS) is 12.6. The highest BCUT2D eigenvalue weighted by molar-refractivity contribution is 5.29. The molecule has 0 fully saturated rings. The van der Waals surface area contributed by atoms with Crippen LogP contribution < -0.4 is 11.3 Å². The van der Waals surface area contributed by atoms with Gasteiger partial charge in [-0.25, -0.2) is 10.4 Å². The van der Waals surface area contributed by atoms with Crippen molar-refractivity contribution in [3.05, 3.63) is 47.5 Å². The lowest BCUT2D eigenvalue weighted by atomic mass is 10.0. The number of benzene rings is 1. The zero-order chi connectivity index (χ0) is 11.4. The van der Waals surface area contributed by atoms with Crippen LogP contribution in [0.1, 0.15) is 29.9 Å². The Labute approximate surface area is 94.1 Å². The number of hydrogen-bond donors (Lipinski definition) is 3. The Balaban J connectivity index is 2.33. The fourth-order valence-electron chi connectivity index (χ4n) is 1.68. The zero-order valence-electron chi connectivity index (χ0n) is 9.14. The van der Waals surface area contributed by atoms with Crippen LogP contribution in [0.5, 0.6) is 0 Å². The zero-order valence-corrected chi connectivity index (χ0v) is 9.14. The smallest absolute Gasteiger partial charge is 0.147 e. The van der Waals surface area contributed by atoms with Crippen molar-refractivity contribution in [2.24, 2.45) is 5.84 Å². The average Bonchev–Trinajstić information content (AvgIpc) is 2.84. The average molecular weight is 217 g/mol. The van der Waals surface area contributed by atoms with Crippen molar-refractivity contribution >= 4 is 0 Å². The van der Waals surface area contributed by atoms with Gasteiger partial charge in [-0.2, -0.15) is 5.10 Å². The standard InChI is InChI=1S/C11H15N5/c1-2-8-4-3-5-9(6-8)10(15-12)11-13-7-14-16-11/h3-7,10,15H,2,12H2,1H3,(H,13,14,16). The van der Waals surface area contributed by atoms with Crippen LogP contribution in [0, 0.1) is 0 Å². The van der Waals surface area contributed by atoms with Gasteiger partial charge in [0.1, 0.15) is 18.2 Å². The molecule has 0 saturated carbocycles. The Morgan fingerprint density at radius 2 is 2.38 bits per heavy atom. The van der Waals surface area contributed by atoms with Crippen LogP contribution in [-0.4, -0.2) is 15.2 Å². The number of aromatic amines is 1. The van der Waals surface area contributed by atoms with E-state index in [1.165, 1.54) is 11.9 Å². The molecule has 2 rings (SSSR count). The highest BCUT2D eigenvalue weighted by Gasteiger charge is 2.14. The van der Waals surface area contributed by atoms with Gasteiger partial charge in [0, 0.05) is 0 Å². The second-order valence-electron chi connectivity index (χ2n) is 3.57. The molecule has 0 aliphatic heterocycles. The van der Waals surface area contributed by atoms with Crippen LogP contribution in [0.4, 0.5) is 0 Å². The maximum absolute atomic E-state index is 5.55. The van der Waals surface area contributed by atoms with Gasteiger partial charge in [0.05, 0.1) is 0 Å². The molecular weight excluding hydrogens is 202 g/mol. The number of nitrogens with zero attached hydrogens (tertiary/aromatic N) is 2. The summed E-state index contributed by atoms with van der Waals surface area (Å²) in [7, 11) is 0. The quantitative estimate of drug-likeness (QED) is 0.525. The maximum atomic E-state index is 5.55. The van der Waals surface area contributed by atoms with Gasteiger partial charge in [0.15, 0.2) is 0 Å². The minimum atomic E-state index is -0.144. The second kappa shape index (κ2) is 4.87. The number of nitrogens with one attached hydrogen (secondary N) is 2. The van der Waals surface area contributed by atoms with E-state index in [2.05, 4.69) is 39.7 Å². The number of rotatable bonds is 4. The largest absolute Gasteiger partial charge is 0.270 e. The summed E-state index contributed by atoms with van der Waals surface area (Å²) in [6.07, 6.45) is 2.48. The predicted octanol–water partition coefficient (Wildman–Crippen LogP) is 0.920. The molecular formula is C11H15N5. The molecule has 0 radical (unpaired) electrons. The monoisotopic (exact) mass is 217 g/mol. The molecule has 1 aromatic heterocycles. The summed E-state index contributed by atoms with van der Waals surface area (Å²) in [6, 6.07) is 8.11. The number of nitrogens with two attached hydrogens (primary N) is 1. The SMILES string of the molecule is CCc1cccc(C(NN)c2ncn[nH]2)c1. The molecule has 0 aliphatic rings. The first kappa shape index (κ1) is 10.8. The van der Waals surface area contributed by atoms with Crippen LogP contribution in [0.3, 0.4) is 0 Å². The lowest BCUT2D eigenvalue weighted by molar-refractivity contribution is 0.603. The van der Waals surface area contributed by atoms with E-state index in [0.29, 0.717) is 0 Å².